The van der Waals surface area contributed by atoms with Gasteiger partial charge < -0.3 is 0 Å². The van der Waals surface area contributed by atoms with E-state index in [0.717, 1.165) is 10.0 Å². The third kappa shape index (κ3) is 2.70. The van der Waals surface area contributed by atoms with Crippen LogP contribution in [0.1, 0.15) is 5.56 Å². The van der Waals surface area contributed by atoms with Gasteiger partial charge in [0.1, 0.15) is 0 Å². The van der Waals surface area contributed by atoms with E-state index in [4.69, 9.17) is 0 Å². The Morgan fingerprint density at radius 2 is 1.29 bits per heavy atom. The molecule has 3 rings (SSSR count). The van der Waals surface area contributed by atoms with Gasteiger partial charge in [0.05, 0.1) is 0 Å². The summed E-state index contributed by atoms with van der Waals surface area (Å²) in [6, 6.07) is 25.2. The SMILES string of the molecule is C=Cc1c(Br)ccc(-c2ccccc2)c1-c1ccccc1. The lowest BCUT2D eigenvalue weighted by molar-refractivity contribution is 1.54. The molecule has 0 atom stereocenters. The Bertz CT molecular complexity index is 759. The zero-order chi connectivity index (χ0) is 14.7. The van der Waals surface area contributed by atoms with Crippen molar-refractivity contribution in [3.63, 3.8) is 0 Å². The van der Waals surface area contributed by atoms with E-state index in [2.05, 4.69) is 83.2 Å². The molecule has 1 heteroatoms. The Kier molecular flexibility index (Phi) is 4.03. The minimum atomic E-state index is 1.07. The van der Waals surface area contributed by atoms with Crippen LogP contribution in [-0.4, -0.2) is 0 Å². The maximum Gasteiger partial charge on any atom is 0.0254 e. The first-order valence-electron chi connectivity index (χ1n) is 6.87. The third-order valence-corrected chi connectivity index (χ3v) is 4.24. The van der Waals surface area contributed by atoms with Gasteiger partial charge in [0.15, 0.2) is 0 Å². The van der Waals surface area contributed by atoms with E-state index in [0.29, 0.717) is 0 Å². The monoisotopic (exact) mass is 334 g/mol. The summed E-state index contributed by atoms with van der Waals surface area (Å²) in [4.78, 5) is 0. The lowest BCUT2D eigenvalue weighted by Gasteiger charge is -2.15. The summed E-state index contributed by atoms with van der Waals surface area (Å²) >= 11 is 3.64. The van der Waals surface area contributed by atoms with Crippen LogP contribution in [0.15, 0.2) is 83.8 Å². The van der Waals surface area contributed by atoms with Crippen LogP contribution in [-0.2, 0) is 0 Å². The van der Waals surface area contributed by atoms with Crippen molar-refractivity contribution in [2.75, 3.05) is 0 Å². The van der Waals surface area contributed by atoms with Crippen molar-refractivity contribution in [2.45, 2.75) is 0 Å². The van der Waals surface area contributed by atoms with Gasteiger partial charge in [-0.15, -0.1) is 0 Å². The molecule has 3 aromatic carbocycles. The van der Waals surface area contributed by atoms with Crippen LogP contribution in [0.5, 0.6) is 0 Å². The third-order valence-electron chi connectivity index (χ3n) is 3.54. The van der Waals surface area contributed by atoms with Crippen LogP contribution in [0.4, 0.5) is 0 Å². The molecule has 0 aliphatic carbocycles. The summed E-state index contributed by atoms with van der Waals surface area (Å²) in [5, 5.41) is 0. The minimum absolute atomic E-state index is 1.07. The standard InChI is InChI=1S/C20H15Br/c1-2-17-19(21)14-13-18(15-9-5-3-6-10-15)20(17)16-11-7-4-8-12-16/h2-14H,1H2. The molecule has 0 radical (unpaired) electrons. The fraction of sp³-hybridized carbons (Fsp3) is 0. The van der Waals surface area contributed by atoms with Gasteiger partial charge in [-0.2, -0.15) is 0 Å². The second kappa shape index (κ2) is 6.11. The summed E-state index contributed by atoms with van der Waals surface area (Å²) in [5.41, 5.74) is 5.98. The molecule has 0 aliphatic rings. The molecule has 0 unspecified atom stereocenters. The van der Waals surface area contributed by atoms with Crippen molar-refractivity contribution in [2.24, 2.45) is 0 Å². The molecular formula is C20H15Br. The zero-order valence-corrected chi connectivity index (χ0v) is 13.2. The van der Waals surface area contributed by atoms with Crippen molar-refractivity contribution in [1.82, 2.24) is 0 Å². The van der Waals surface area contributed by atoms with Crippen molar-refractivity contribution < 1.29 is 0 Å². The Labute approximate surface area is 133 Å². The van der Waals surface area contributed by atoms with Crippen molar-refractivity contribution >= 4 is 22.0 Å². The number of hydrogen-bond donors (Lipinski definition) is 0. The highest BCUT2D eigenvalue weighted by Gasteiger charge is 2.13. The average molecular weight is 335 g/mol. The predicted molar refractivity (Wildman–Crippen MR) is 95.1 cm³/mol. The lowest BCUT2D eigenvalue weighted by Crippen LogP contribution is -1.90. The first kappa shape index (κ1) is 13.8. The zero-order valence-electron chi connectivity index (χ0n) is 11.6. The fourth-order valence-electron chi connectivity index (χ4n) is 2.57. The van der Waals surface area contributed by atoms with Crippen LogP contribution in [0.2, 0.25) is 0 Å². The molecule has 21 heavy (non-hydrogen) atoms. The predicted octanol–water partition coefficient (Wildman–Crippen LogP) is 6.43. The maximum atomic E-state index is 3.98. The summed E-state index contributed by atoms with van der Waals surface area (Å²) in [6.45, 7) is 3.98. The van der Waals surface area contributed by atoms with Gasteiger partial charge in [-0.05, 0) is 33.9 Å². The average Bonchev–Trinajstić information content (AvgIpc) is 2.56. The first-order chi connectivity index (χ1) is 10.3. The van der Waals surface area contributed by atoms with Gasteiger partial charge in [0, 0.05) is 4.47 Å². The molecule has 0 fully saturated rings. The minimum Gasteiger partial charge on any atom is -0.0984 e. The first-order valence-corrected chi connectivity index (χ1v) is 7.66. The van der Waals surface area contributed by atoms with E-state index < -0.39 is 0 Å². The maximum absolute atomic E-state index is 3.98. The van der Waals surface area contributed by atoms with Gasteiger partial charge in [-0.25, -0.2) is 0 Å². The summed E-state index contributed by atoms with van der Waals surface area (Å²) in [5.74, 6) is 0. The topological polar surface area (TPSA) is 0 Å². The van der Waals surface area contributed by atoms with Crippen molar-refractivity contribution in [3.8, 4) is 22.3 Å². The molecule has 0 saturated carbocycles. The highest BCUT2D eigenvalue weighted by molar-refractivity contribution is 9.10. The van der Waals surface area contributed by atoms with E-state index in [9.17, 15) is 0 Å². The largest absolute Gasteiger partial charge is 0.0984 e. The highest BCUT2D eigenvalue weighted by Crippen LogP contribution is 2.38. The summed E-state index contributed by atoms with van der Waals surface area (Å²) < 4.78 is 1.07. The molecule has 0 saturated heterocycles. The van der Waals surface area contributed by atoms with Gasteiger partial charge >= 0.3 is 0 Å². The summed E-state index contributed by atoms with van der Waals surface area (Å²) in [7, 11) is 0. The second-order valence-corrected chi connectivity index (χ2v) is 5.67. The Morgan fingerprint density at radius 1 is 0.714 bits per heavy atom. The quantitative estimate of drug-likeness (QED) is 0.518. The van der Waals surface area contributed by atoms with Crippen LogP contribution in [0.25, 0.3) is 28.3 Å². The van der Waals surface area contributed by atoms with E-state index in [1.165, 1.54) is 22.3 Å². The van der Waals surface area contributed by atoms with E-state index in [1.807, 2.05) is 18.2 Å². The lowest BCUT2D eigenvalue weighted by atomic mass is 9.90. The van der Waals surface area contributed by atoms with Crippen LogP contribution in [0.3, 0.4) is 0 Å². The number of halogens is 1. The number of benzene rings is 3. The molecule has 102 valence electrons. The van der Waals surface area contributed by atoms with E-state index in [-0.39, 0.29) is 0 Å². The van der Waals surface area contributed by atoms with Crippen LogP contribution >= 0.6 is 15.9 Å². The molecule has 0 amide bonds. The van der Waals surface area contributed by atoms with Gasteiger partial charge in [-0.1, -0.05) is 95.3 Å². The molecule has 0 N–H and O–H groups in total. The van der Waals surface area contributed by atoms with Crippen LogP contribution in [0, 0.1) is 0 Å². The molecule has 0 spiro atoms. The Balaban J connectivity index is 2.34. The molecule has 0 aliphatic heterocycles. The smallest absolute Gasteiger partial charge is 0.0254 e. The van der Waals surface area contributed by atoms with Crippen molar-refractivity contribution in [1.29, 1.82) is 0 Å². The van der Waals surface area contributed by atoms with Gasteiger partial charge in [-0.3, -0.25) is 0 Å². The molecule has 0 nitrogen and oxygen atoms in total. The number of hydrogen-bond acceptors (Lipinski definition) is 0. The van der Waals surface area contributed by atoms with E-state index >= 15 is 0 Å². The van der Waals surface area contributed by atoms with Gasteiger partial charge in [0.2, 0.25) is 0 Å². The highest BCUT2D eigenvalue weighted by atomic mass is 79.9. The molecule has 0 heterocycles. The Hall–Kier alpha value is -2.12. The second-order valence-electron chi connectivity index (χ2n) is 4.82. The molecule has 3 aromatic rings. The van der Waals surface area contributed by atoms with E-state index in [1.54, 1.807) is 0 Å². The molecular weight excluding hydrogens is 320 g/mol. The normalized spacial score (nSPS) is 10.3. The van der Waals surface area contributed by atoms with Gasteiger partial charge in [0.25, 0.3) is 0 Å². The Morgan fingerprint density at radius 3 is 1.86 bits per heavy atom. The summed E-state index contributed by atoms with van der Waals surface area (Å²) in [6.07, 6.45) is 1.92. The fourth-order valence-corrected chi connectivity index (χ4v) is 3.06. The molecule has 0 aromatic heterocycles. The van der Waals surface area contributed by atoms with Crippen molar-refractivity contribution in [3.05, 3.63) is 89.4 Å². The molecule has 0 bridgehead atoms. The van der Waals surface area contributed by atoms with Crippen LogP contribution < -0.4 is 0 Å². The number of rotatable bonds is 3.